The second kappa shape index (κ2) is 13.5. The Balaban J connectivity index is 0.00000256. The Morgan fingerprint density at radius 3 is 2.44 bits per heavy atom. The Kier molecular flexibility index (Phi) is 12.2. The maximum Gasteiger partial charge on any atom is 0.271 e. The number of hydrogen-bond acceptors (Lipinski definition) is 4. The van der Waals surface area contributed by atoms with E-state index in [1.165, 1.54) is 0 Å². The van der Waals surface area contributed by atoms with Crippen molar-refractivity contribution in [3.63, 3.8) is 0 Å². The monoisotopic (exact) mass is 523 g/mol. The summed E-state index contributed by atoms with van der Waals surface area (Å²) >= 11 is 12.5. The largest absolute Gasteiger partial charge is 0.368 e. The molecule has 0 aliphatic carbocycles. The van der Waals surface area contributed by atoms with E-state index in [1.807, 2.05) is 32.0 Å². The number of benzene rings is 1. The summed E-state index contributed by atoms with van der Waals surface area (Å²) < 4.78 is 2.11. The van der Waals surface area contributed by atoms with Gasteiger partial charge in [-0.05, 0) is 45.4 Å². The summed E-state index contributed by atoms with van der Waals surface area (Å²) in [5.41, 5.74) is 2.50. The highest BCUT2D eigenvalue weighted by atomic mass is 35.5. The number of amides is 1. The second-order valence-electron chi connectivity index (χ2n) is 7.76. The minimum Gasteiger partial charge on any atom is -0.368 e. The molecule has 0 bridgehead atoms. The minimum atomic E-state index is -0.0779. The third-order valence-electron chi connectivity index (χ3n) is 5.65. The van der Waals surface area contributed by atoms with E-state index in [4.69, 9.17) is 23.2 Å². The normalized spacial score (nSPS) is 14.0. The van der Waals surface area contributed by atoms with Crippen LogP contribution in [0.15, 0.2) is 18.2 Å². The van der Waals surface area contributed by atoms with Crippen molar-refractivity contribution < 1.29 is 4.79 Å². The van der Waals surface area contributed by atoms with E-state index in [1.54, 1.807) is 0 Å². The molecule has 1 aliphatic heterocycles. The average molecular weight is 525 g/mol. The number of nitrogens with one attached hydrogen (secondary N) is 1. The standard InChI is InChI=1S/C22H31Cl2N5O.2ClH/c1-4-10-29-16(2)21(26-17(29)3)22(30)25-9-6-11-27-12-14-28(15-13-27)19-8-5-7-18(23)20(19)24;;/h5,7-8H,4,6,9-15H2,1-3H3,(H,25,30);2*1H. The number of piperazine rings is 1. The Morgan fingerprint density at radius 2 is 1.78 bits per heavy atom. The maximum absolute atomic E-state index is 12.5. The fourth-order valence-corrected chi connectivity index (χ4v) is 4.39. The van der Waals surface area contributed by atoms with Crippen LogP contribution in [-0.4, -0.2) is 59.6 Å². The Morgan fingerprint density at radius 1 is 1.09 bits per heavy atom. The highest BCUT2D eigenvalue weighted by molar-refractivity contribution is 6.43. The molecule has 10 heteroatoms. The van der Waals surface area contributed by atoms with Crippen molar-refractivity contribution in [2.45, 2.75) is 40.2 Å². The van der Waals surface area contributed by atoms with Gasteiger partial charge in [0.1, 0.15) is 11.5 Å². The van der Waals surface area contributed by atoms with Crippen LogP contribution in [0.4, 0.5) is 5.69 Å². The first-order chi connectivity index (χ1) is 14.4. The maximum atomic E-state index is 12.5. The van der Waals surface area contributed by atoms with Crippen LogP contribution in [0.2, 0.25) is 10.0 Å². The van der Waals surface area contributed by atoms with E-state index < -0.39 is 0 Å². The van der Waals surface area contributed by atoms with Gasteiger partial charge in [0.15, 0.2) is 0 Å². The van der Waals surface area contributed by atoms with Crippen LogP contribution in [0.25, 0.3) is 0 Å². The first kappa shape index (κ1) is 28.9. The lowest BCUT2D eigenvalue weighted by atomic mass is 10.2. The summed E-state index contributed by atoms with van der Waals surface area (Å²) in [7, 11) is 0. The van der Waals surface area contributed by atoms with Crippen molar-refractivity contribution in [1.82, 2.24) is 19.8 Å². The van der Waals surface area contributed by atoms with Gasteiger partial charge in [-0.15, -0.1) is 24.8 Å². The van der Waals surface area contributed by atoms with Crippen molar-refractivity contribution in [2.24, 2.45) is 0 Å². The van der Waals surface area contributed by atoms with E-state index in [0.29, 0.717) is 22.3 Å². The molecular formula is C22H33Cl4N5O. The molecule has 1 aromatic carbocycles. The molecule has 0 unspecified atom stereocenters. The number of carbonyl (C=O) groups excluding carboxylic acids is 1. The lowest BCUT2D eigenvalue weighted by Crippen LogP contribution is -2.47. The second-order valence-corrected chi connectivity index (χ2v) is 8.54. The number of aromatic nitrogens is 2. The number of rotatable bonds is 8. The lowest BCUT2D eigenvalue weighted by molar-refractivity contribution is 0.0946. The fourth-order valence-electron chi connectivity index (χ4n) is 3.98. The van der Waals surface area contributed by atoms with E-state index >= 15 is 0 Å². The predicted octanol–water partition coefficient (Wildman–Crippen LogP) is 5.00. The van der Waals surface area contributed by atoms with Gasteiger partial charge in [0, 0.05) is 45.0 Å². The predicted molar refractivity (Wildman–Crippen MR) is 139 cm³/mol. The summed E-state index contributed by atoms with van der Waals surface area (Å²) in [6, 6.07) is 5.77. The first-order valence-electron chi connectivity index (χ1n) is 10.7. The molecule has 1 aliphatic rings. The van der Waals surface area contributed by atoms with Gasteiger partial charge in [0.05, 0.1) is 15.7 Å². The molecule has 32 heavy (non-hydrogen) atoms. The fraction of sp³-hybridized carbons (Fsp3) is 0.545. The van der Waals surface area contributed by atoms with E-state index in [0.717, 1.165) is 69.3 Å². The quantitative estimate of drug-likeness (QED) is 0.493. The minimum absolute atomic E-state index is 0. The molecule has 180 valence electrons. The van der Waals surface area contributed by atoms with Crippen molar-refractivity contribution in [3.05, 3.63) is 45.5 Å². The van der Waals surface area contributed by atoms with Gasteiger partial charge in [-0.2, -0.15) is 0 Å². The zero-order chi connectivity index (χ0) is 21.7. The highest BCUT2D eigenvalue weighted by Gasteiger charge is 2.20. The van der Waals surface area contributed by atoms with Gasteiger partial charge in [-0.25, -0.2) is 4.98 Å². The third-order valence-corrected chi connectivity index (χ3v) is 6.46. The number of halogens is 4. The number of nitrogens with zero attached hydrogens (tertiary/aromatic N) is 4. The van der Waals surface area contributed by atoms with Crippen LogP contribution >= 0.6 is 48.0 Å². The summed E-state index contributed by atoms with van der Waals surface area (Å²) in [6.45, 7) is 12.3. The zero-order valence-corrected chi connectivity index (χ0v) is 22.0. The van der Waals surface area contributed by atoms with Gasteiger partial charge in [-0.1, -0.05) is 36.2 Å². The summed E-state index contributed by atoms with van der Waals surface area (Å²) in [5, 5.41) is 4.25. The zero-order valence-electron chi connectivity index (χ0n) is 18.9. The molecule has 6 nitrogen and oxygen atoms in total. The summed E-state index contributed by atoms with van der Waals surface area (Å²) in [5.74, 6) is 0.822. The van der Waals surface area contributed by atoms with E-state index in [-0.39, 0.29) is 30.7 Å². The number of imidazole rings is 1. The first-order valence-corrected chi connectivity index (χ1v) is 11.4. The van der Waals surface area contributed by atoms with Crippen molar-refractivity contribution in [1.29, 1.82) is 0 Å². The molecule has 1 amide bonds. The third kappa shape index (κ3) is 6.91. The van der Waals surface area contributed by atoms with Gasteiger partial charge < -0.3 is 14.8 Å². The number of aryl methyl sites for hydroxylation is 1. The smallest absolute Gasteiger partial charge is 0.271 e. The van der Waals surface area contributed by atoms with Crippen LogP contribution in [0.1, 0.15) is 41.8 Å². The number of hydrogen-bond donors (Lipinski definition) is 1. The molecule has 1 fully saturated rings. The highest BCUT2D eigenvalue weighted by Crippen LogP contribution is 2.32. The van der Waals surface area contributed by atoms with E-state index in [2.05, 4.69) is 31.6 Å². The van der Waals surface area contributed by atoms with Gasteiger partial charge in [0.2, 0.25) is 0 Å². The number of carbonyl (C=O) groups is 1. The van der Waals surface area contributed by atoms with Gasteiger partial charge >= 0.3 is 0 Å². The molecule has 2 heterocycles. The Labute approximate surface area is 213 Å². The van der Waals surface area contributed by atoms with Crippen LogP contribution in [0.3, 0.4) is 0 Å². The molecule has 0 spiro atoms. The summed E-state index contributed by atoms with van der Waals surface area (Å²) in [4.78, 5) is 21.7. The molecule has 2 aromatic rings. The van der Waals surface area contributed by atoms with Crippen molar-refractivity contribution in [3.8, 4) is 0 Å². The van der Waals surface area contributed by atoms with Crippen LogP contribution in [-0.2, 0) is 6.54 Å². The van der Waals surface area contributed by atoms with Crippen molar-refractivity contribution >= 4 is 59.6 Å². The van der Waals surface area contributed by atoms with E-state index in [9.17, 15) is 4.79 Å². The van der Waals surface area contributed by atoms with Gasteiger partial charge in [0.25, 0.3) is 5.91 Å². The average Bonchev–Trinajstić information content (AvgIpc) is 3.02. The molecule has 1 aromatic heterocycles. The lowest BCUT2D eigenvalue weighted by Gasteiger charge is -2.36. The topological polar surface area (TPSA) is 53.4 Å². The Hall–Kier alpha value is -1.18. The van der Waals surface area contributed by atoms with Gasteiger partial charge in [-0.3, -0.25) is 9.69 Å². The van der Waals surface area contributed by atoms with Crippen LogP contribution in [0, 0.1) is 13.8 Å². The molecule has 3 rings (SSSR count). The van der Waals surface area contributed by atoms with Crippen molar-refractivity contribution in [2.75, 3.05) is 44.2 Å². The van der Waals surface area contributed by atoms with Crippen LogP contribution < -0.4 is 10.2 Å². The van der Waals surface area contributed by atoms with Crippen LogP contribution in [0.5, 0.6) is 0 Å². The molecule has 0 radical (unpaired) electrons. The SMILES string of the molecule is CCCn1c(C)nc(C(=O)NCCCN2CCN(c3cccc(Cl)c3Cl)CC2)c1C.Cl.Cl. The molecule has 0 atom stereocenters. The molecule has 0 saturated carbocycles. The Bertz CT molecular complexity index is 881. The molecule has 1 N–H and O–H groups in total. The molecule has 1 saturated heterocycles. The summed E-state index contributed by atoms with van der Waals surface area (Å²) in [6.07, 6.45) is 1.94. The number of anilines is 1. The molecular weight excluding hydrogens is 492 g/mol.